The number of amides is 2. The van der Waals surface area contributed by atoms with Crippen molar-refractivity contribution in [3.05, 3.63) is 84.7 Å². The number of benzene rings is 3. The molecular weight excluding hydrogens is 488 g/mol. The number of carbonyl (C=O) groups is 1. The second kappa shape index (κ2) is 11.7. The molecule has 35 heavy (non-hydrogen) atoms. The molecule has 0 unspecified atom stereocenters. The van der Waals surface area contributed by atoms with E-state index in [2.05, 4.69) is 26.1 Å². The van der Waals surface area contributed by atoms with E-state index in [9.17, 15) is 9.18 Å². The summed E-state index contributed by atoms with van der Waals surface area (Å²) in [5, 5.41) is 3.57. The summed E-state index contributed by atoms with van der Waals surface area (Å²) in [6.07, 6.45) is 0. The lowest BCUT2D eigenvalue weighted by molar-refractivity contribution is 0.254. The molecule has 1 heterocycles. The maximum Gasteiger partial charge on any atom is 0.337 e. The number of carbonyl (C=O) groups excluding carboxylic acids is 1. The van der Waals surface area contributed by atoms with Gasteiger partial charge in [-0.25, -0.2) is 14.2 Å². The summed E-state index contributed by atoms with van der Waals surface area (Å²) in [6.45, 7) is 1.36. The average molecular weight is 512 g/mol. The first-order chi connectivity index (χ1) is 17.1. The molecule has 0 saturated carbocycles. The molecule has 1 aromatic heterocycles. The molecule has 0 atom stereocenters. The van der Waals surface area contributed by atoms with Crippen LogP contribution < -0.4 is 21.1 Å². The van der Waals surface area contributed by atoms with E-state index in [1.54, 1.807) is 24.3 Å². The summed E-state index contributed by atoms with van der Waals surface area (Å²) in [5.74, 6) is 0.617. The highest BCUT2D eigenvalue weighted by atomic mass is 35.5. The Morgan fingerprint density at radius 3 is 2.31 bits per heavy atom. The van der Waals surface area contributed by atoms with Crippen LogP contribution in [0.15, 0.2) is 78.9 Å². The fraction of sp³-hybridized carbons (Fsp3) is 0.154. The SMILES string of the molecule is O=C(NNc1cc(-c2ccccc2F)nc2ccccc12)Nc1ccc(N(CCCl)CCCl)cc1. The molecule has 0 saturated heterocycles. The number of aromatic nitrogens is 1. The molecule has 3 N–H and O–H groups in total. The molecule has 2 amide bonds. The standard InChI is InChI=1S/C26H24Cl2FN5O/c27-13-15-34(16-14-28)19-11-9-18(10-12-19)30-26(35)33-32-25-17-24(20-5-1-3-7-22(20)29)31-23-8-4-2-6-21(23)25/h1-12,17H,13-16H2,(H,31,32)(H2,30,33,35). The molecule has 0 aliphatic carbocycles. The van der Waals surface area contributed by atoms with Gasteiger partial charge in [0.05, 0.1) is 16.9 Å². The minimum atomic E-state index is -0.454. The van der Waals surface area contributed by atoms with Crippen molar-refractivity contribution in [3.8, 4) is 11.3 Å². The number of nitrogens with zero attached hydrogens (tertiary/aromatic N) is 2. The van der Waals surface area contributed by atoms with Crippen LogP contribution in [0.3, 0.4) is 0 Å². The van der Waals surface area contributed by atoms with Gasteiger partial charge in [-0.3, -0.25) is 10.9 Å². The number of halogens is 3. The summed E-state index contributed by atoms with van der Waals surface area (Å²) in [6, 6.07) is 22.6. The molecule has 0 aliphatic heterocycles. The average Bonchev–Trinajstić information content (AvgIpc) is 2.88. The zero-order chi connectivity index (χ0) is 24.6. The molecule has 6 nitrogen and oxygen atoms in total. The number of para-hydroxylation sites is 1. The first-order valence-electron chi connectivity index (χ1n) is 11.0. The highest BCUT2D eigenvalue weighted by Gasteiger charge is 2.12. The van der Waals surface area contributed by atoms with Crippen LogP contribution in [0, 0.1) is 5.82 Å². The number of fused-ring (bicyclic) bond motifs is 1. The smallest absolute Gasteiger partial charge is 0.337 e. The van der Waals surface area contributed by atoms with Crippen LogP contribution in [-0.2, 0) is 0 Å². The third-order valence-corrected chi connectivity index (χ3v) is 5.71. The zero-order valence-electron chi connectivity index (χ0n) is 18.8. The normalized spacial score (nSPS) is 10.7. The van der Waals surface area contributed by atoms with Gasteiger partial charge in [0.25, 0.3) is 0 Å². The third kappa shape index (κ3) is 6.12. The van der Waals surface area contributed by atoms with Crippen molar-refractivity contribution in [1.29, 1.82) is 0 Å². The number of alkyl halides is 2. The van der Waals surface area contributed by atoms with E-state index in [-0.39, 0.29) is 5.82 Å². The number of hydrogen-bond acceptors (Lipinski definition) is 4. The number of anilines is 3. The van der Waals surface area contributed by atoms with Crippen molar-refractivity contribution in [2.24, 2.45) is 0 Å². The monoisotopic (exact) mass is 511 g/mol. The Morgan fingerprint density at radius 2 is 1.60 bits per heavy atom. The van der Waals surface area contributed by atoms with Crippen molar-refractivity contribution >= 4 is 57.2 Å². The van der Waals surface area contributed by atoms with Gasteiger partial charge >= 0.3 is 6.03 Å². The van der Waals surface area contributed by atoms with Crippen molar-refractivity contribution in [3.63, 3.8) is 0 Å². The van der Waals surface area contributed by atoms with Gasteiger partial charge in [0.15, 0.2) is 0 Å². The van der Waals surface area contributed by atoms with Gasteiger partial charge in [0.1, 0.15) is 5.82 Å². The number of hydrogen-bond donors (Lipinski definition) is 3. The number of hydrazine groups is 1. The molecule has 0 bridgehead atoms. The van der Waals surface area contributed by atoms with Gasteiger partial charge in [0.2, 0.25) is 0 Å². The van der Waals surface area contributed by atoms with Crippen LogP contribution in [0.1, 0.15) is 0 Å². The van der Waals surface area contributed by atoms with E-state index in [1.165, 1.54) is 6.07 Å². The largest absolute Gasteiger partial charge is 0.369 e. The fourth-order valence-corrected chi connectivity index (χ4v) is 4.11. The lowest BCUT2D eigenvalue weighted by Crippen LogP contribution is -2.33. The van der Waals surface area contributed by atoms with Gasteiger partial charge in [-0.05, 0) is 48.5 Å². The highest BCUT2D eigenvalue weighted by molar-refractivity contribution is 6.18. The second-order valence-electron chi connectivity index (χ2n) is 7.67. The molecule has 4 rings (SSSR count). The van der Waals surface area contributed by atoms with Gasteiger partial charge in [-0.15, -0.1) is 23.2 Å². The molecule has 3 aromatic carbocycles. The van der Waals surface area contributed by atoms with Crippen molar-refractivity contribution in [2.75, 3.05) is 40.5 Å². The van der Waals surface area contributed by atoms with E-state index >= 15 is 0 Å². The highest BCUT2D eigenvalue weighted by Crippen LogP contribution is 2.29. The summed E-state index contributed by atoms with van der Waals surface area (Å²) < 4.78 is 14.4. The molecule has 180 valence electrons. The first-order valence-corrected chi connectivity index (χ1v) is 12.1. The van der Waals surface area contributed by atoms with Crippen LogP contribution in [-0.4, -0.2) is 35.9 Å². The van der Waals surface area contributed by atoms with Crippen LogP contribution in [0.4, 0.5) is 26.2 Å². The Morgan fingerprint density at radius 1 is 0.914 bits per heavy atom. The van der Waals surface area contributed by atoms with Crippen LogP contribution >= 0.6 is 23.2 Å². The number of rotatable bonds is 9. The van der Waals surface area contributed by atoms with Crippen molar-refractivity contribution in [1.82, 2.24) is 10.4 Å². The molecule has 9 heteroatoms. The maximum atomic E-state index is 14.4. The lowest BCUT2D eigenvalue weighted by Gasteiger charge is -2.23. The Labute approximate surface area is 213 Å². The second-order valence-corrected chi connectivity index (χ2v) is 8.42. The molecular formula is C26H24Cl2FN5O. The van der Waals surface area contributed by atoms with Crippen LogP contribution in [0.25, 0.3) is 22.2 Å². The van der Waals surface area contributed by atoms with E-state index < -0.39 is 6.03 Å². The summed E-state index contributed by atoms with van der Waals surface area (Å²) in [7, 11) is 0. The minimum Gasteiger partial charge on any atom is -0.369 e. The quantitative estimate of drug-likeness (QED) is 0.178. The molecule has 4 aromatic rings. The molecule has 0 radical (unpaired) electrons. The number of nitrogens with one attached hydrogen (secondary N) is 3. The van der Waals surface area contributed by atoms with Crippen LogP contribution in [0.2, 0.25) is 0 Å². The van der Waals surface area contributed by atoms with Crippen molar-refractivity contribution in [2.45, 2.75) is 0 Å². The van der Waals surface area contributed by atoms with Crippen LogP contribution in [0.5, 0.6) is 0 Å². The molecule has 0 fully saturated rings. The van der Waals surface area contributed by atoms with E-state index in [4.69, 9.17) is 23.2 Å². The van der Waals surface area contributed by atoms with Gasteiger partial charge < -0.3 is 10.2 Å². The number of urea groups is 1. The van der Waals surface area contributed by atoms with E-state index in [0.29, 0.717) is 53.0 Å². The fourth-order valence-electron chi connectivity index (χ4n) is 3.70. The number of pyridine rings is 1. The predicted octanol–water partition coefficient (Wildman–Crippen LogP) is 6.47. The zero-order valence-corrected chi connectivity index (χ0v) is 20.3. The lowest BCUT2D eigenvalue weighted by atomic mass is 10.1. The van der Waals surface area contributed by atoms with Gasteiger partial charge in [-0.1, -0.05) is 30.3 Å². The van der Waals surface area contributed by atoms with Crippen molar-refractivity contribution < 1.29 is 9.18 Å². The summed E-state index contributed by atoms with van der Waals surface area (Å²) >= 11 is 11.8. The topological polar surface area (TPSA) is 69.3 Å². The Kier molecular flexibility index (Phi) is 8.23. The Balaban J connectivity index is 1.47. The molecule has 0 aliphatic rings. The first kappa shape index (κ1) is 24.6. The predicted molar refractivity (Wildman–Crippen MR) is 143 cm³/mol. The minimum absolute atomic E-state index is 0.369. The Hall–Kier alpha value is -3.55. The summed E-state index contributed by atoms with van der Waals surface area (Å²) in [4.78, 5) is 19.2. The third-order valence-electron chi connectivity index (χ3n) is 5.38. The molecule has 0 spiro atoms. The van der Waals surface area contributed by atoms with E-state index in [1.807, 2.05) is 48.5 Å². The Bertz CT molecular complexity index is 1300. The summed E-state index contributed by atoms with van der Waals surface area (Å²) in [5.41, 5.74) is 9.28. The maximum absolute atomic E-state index is 14.4. The van der Waals surface area contributed by atoms with Gasteiger partial charge in [-0.2, -0.15) is 0 Å². The van der Waals surface area contributed by atoms with E-state index in [0.717, 1.165) is 11.1 Å². The van der Waals surface area contributed by atoms with Gasteiger partial charge in [0, 0.05) is 47.2 Å².